The molecule has 2 heterocycles. The summed E-state index contributed by atoms with van der Waals surface area (Å²) in [6.45, 7) is 1.30. The Morgan fingerprint density at radius 3 is 2.37 bits per heavy atom. The number of nitrogens with one attached hydrogen (secondary N) is 1. The second kappa shape index (κ2) is 10.1. The second-order valence-electron chi connectivity index (χ2n) is 9.49. The number of aliphatic carboxylic acids is 1. The van der Waals surface area contributed by atoms with Crippen LogP contribution in [0.3, 0.4) is 0 Å². The molecule has 5 rings (SSSR count). The summed E-state index contributed by atoms with van der Waals surface area (Å²) in [7, 11) is 0. The van der Waals surface area contributed by atoms with Crippen LogP contribution in [-0.2, 0) is 19.1 Å². The maximum atomic E-state index is 12.8. The minimum atomic E-state index is -0.861. The van der Waals surface area contributed by atoms with E-state index < -0.39 is 24.1 Å². The fraction of sp³-hybridized carbons (Fsp3) is 0.444. The molecule has 0 radical (unpaired) electrons. The number of nitrogens with zero attached hydrogens (tertiary/aromatic N) is 1. The lowest BCUT2D eigenvalue weighted by atomic mass is 9.97. The Labute approximate surface area is 204 Å². The number of rotatable bonds is 6. The third kappa shape index (κ3) is 4.89. The zero-order valence-corrected chi connectivity index (χ0v) is 19.5. The van der Waals surface area contributed by atoms with E-state index in [1.165, 1.54) is 11.1 Å². The molecule has 2 saturated heterocycles. The minimum absolute atomic E-state index is 0.00273. The molecule has 0 bridgehead atoms. The predicted molar refractivity (Wildman–Crippen MR) is 128 cm³/mol. The first-order valence-corrected chi connectivity index (χ1v) is 12.3. The van der Waals surface area contributed by atoms with E-state index in [0.717, 1.165) is 11.1 Å². The highest BCUT2D eigenvalue weighted by Crippen LogP contribution is 2.44. The van der Waals surface area contributed by atoms with Gasteiger partial charge in [0.25, 0.3) is 5.91 Å². The van der Waals surface area contributed by atoms with Crippen molar-refractivity contribution in [3.8, 4) is 11.1 Å². The standard InChI is InChI=1S/C27H30N2O6/c30-25(29-13-5-6-17(15-29)26(31)32)24-12-11-18(35-24)14-28-27(33)34-16-23-21-9-3-1-7-19(21)20-8-2-4-10-22(20)23/h1-4,7-10,17-18,23-24H,5-6,11-16H2,(H,28,33)(H,31,32). The molecule has 0 aromatic heterocycles. The van der Waals surface area contributed by atoms with Crippen molar-refractivity contribution in [1.29, 1.82) is 0 Å². The summed E-state index contributed by atoms with van der Waals surface area (Å²) in [5.74, 6) is -1.53. The number of carboxylic acids is 1. The molecule has 2 aromatic carbocycles. The van der Waals surface area contributed by atoms with Gasteiger partial charge >= 0.3 is 12.1 Å². The van der Waals surface area contributed by atoms with E-state index in [1.807, 2.05) is 24.3 Å². The fourth-order valence-electron chi connectivity index (χ4n) is 5.47. The highest BCUT2D eigenvalue weighted by Gasteiger charge is 2.37. The van der Waals surface area contributed by atoms with Crippen LogP contribution in [0.4, 0.5) is 4.79 Å². The number of amides is 2. The van der Waals surface area contributed by atoms with Crippen molar-refractivity contribution in [2.24, 2.45) is 5.92 Å². The molecule has 3 unspecified atom stereocenters. The maximum absolute atomic E-state index is 12.8. The summed E-state index contributed by atoms with van der Waals surface area (Å²) in [6.07, 6.45) is 1.12. The first-order valence-electron chi connectivity index (χ1n) is 12.3. The topological polar surface area (TPSA) is 105 Å². The number of piperidine rings is 1. The Hall–Kier alpha value is -3.39. The summed E-state index contributed by atoms with van der Waals surface area (Å²) >= 11 is 0. The molecule has 0 saturated carbocycles. The molecule has 2 amide bonds. The Kier molecular flexibility index (Phi) is 6.72. The molecule has 3 aliphatic rings. The van der Waals surface area contributed by atoms with Gasteiger partial charge in [0.1, 0.15) is 12.7 Å². The van der Waals surface area contributed by atoms with Crippen molar-refractivity contribution in [3.63, 3.8) is 0 Å². The Bertz CT molecular complexity index is 1070. The quantitative estimate of drug-likeness (QED) is 0.659. The molecular weight excluding hydrogens is 448 g/mol. The number of alkyl carbamates (subject to hydrolysis) is 1. The van der Waals surface area contributed by atoms with Gasteiger partial charge in [0.2, 0.25) is 0 Å². The number of hydrogen-bond donors (Lipinski definition) is 2. The number of carbonyl (C=O) groups excluding carboxylic acids is 2. The van der Waals surface area contributed by atoms with Crippen LogP contribution >= 0.6 is 0 Å². The van der Waals surface area contributed by atoms with Crippen molar-refractivity contribution in [1.82, 2.24) is 10.2 Å². The van der Waals surface area contributed by atoms with E-state index in [9.17, 15) is 19.5 Å². The van der Waals surface area contributed by atoms with E-state index >= 15 is 0 Å². The van der Waals surface area contributed by atoms with Gasteiger partial charge in [-0.2, -0.15) is 0 Å². The van der Waals surface area contributed by atoms with Crippen molar-refractivity contribution in [2.45, 2.75) is 43.8 Å². The number of ether oxygens (including phenoxy) is 2. The first-order chi connectivity index (χ1) is 17.0. The normalized spacial score (nSPS) is 23.4. The zero-order valence-electron chi connectivity index (χ0n) is 19.5. The van der Waals surface area contributed by atoms with E-state index in [1.54, 1.807) is 4.90 Å². The maximum Gasteiger partial charge on any atom is 0.407 e. The number of benzene rings is 2. The number of carbonyl (C=O) groups is 3. The molecule has 8 nitrogen and oxygen atoms in total. The summed E-state index contributed by atoms with van der Waals surface area (Å²) in [6, 6.07) is 16.4. The van der Waals surface area contributed by atoms with Gasteiger partial charge < -0.3 is 24.8 Å². The molecule has 3 atom stereocenters. The summed E-state index contributed by atoms with van der Waals surface area (Å²) in [5, 5.41) is 12.0. The predicted octanol–water partition coefficient (Wildman–Crippen LogP) is 3.40. The van der Waals surface area contributed by atoms with Gasteiger partial charge in [-0.1, -0.05) is 48.5 Å². The third-order valence-corrected chi connectivity index (χ3v) is 7.28. The first kappa shape index (κ1) is 23.4. The highest BCUT2D eigenvalue weighted by molar-refractivity contribution is 5.82. The van der Waals surface area contributed by atoms with Crippen LogP contribution in [-0.4, -0.2) is 66.4 Å². The molecule has 35 heavy (non-hydrogen) atoms. The molecule has 1 aliphatic carbocycles. The number of likely N-dealkylation sites (tertiary alicyclic amines) is 1. The van der Waals surface area contributed by atoms with Gasteiger partial charge in [-0.05, 0) is 47.9 Å². The third-order valence-electron chi connectivity index (χ3n) is 7.28. The SMILES string of the molecule is O=C(NCC1CCC(C(=O)N2CCCC(C(=O)O)C2)O1)OCC1c2ccccc2-c2ccccc21. The lowest BCUT2D eigenvalue weighted by Crippen LogP contribution is -2.46. The largest absolute Gasteiger partial charge is 0.481 e. The summed E-state index contributed by atoms with van der Waals surface area (Å²) in [5.41, 5.74) is 4.67. The van der Waals surface area contributed by atoms with Crippen molar-refractivity contribution < 1.29 is 29.0 Å². The van der Waals surface area contributed by atoms with Gasteiger partial charge in [0.05, 0.1) is 12.0 Å². The van der Waals surface area contributed by atoms with Crippen LogP contribution in [0.25, 0.3) is 11.1 Å². The van der Waals surface area contributed by atoms with Crippen LogP contribution in [0.5, 0.6) is 0 Å². The summed E-state index contributed by atoms with van der Waals surface area (Å²) in [4.78, 5) is 38.1. The van der Waals surface area contributed by atoms with Crippen LogP contribution < -0.4 is 5.32 Å². The van der Waals surface area contributed by atoms with Crippen LogP contribution in [0.15, 0.2) is 48.5 Å². The van der Waals surface area contributed by atoms with E-state index in [0.29, 0.717) is 32.2 Å². The molecular formula is C27H30N2O6. The van der Waals surface area contributed by atoms with E-state index in [-0.39, 0.29) is 37.6 Å². The van der Waals surface area contributed by atoms with Gasteiger partial charge in [-0.15, -0.1) is 0 Å². The molecule has 8 heteroatoms. The fourth-order valence-corrected chi connectivity index (χ4v) is 5.47. The van der Waals surface area contributed by atoms with Crippen LogP contribution in [0.2, 0.25) is 0 Å². The molecule has 2 fully saturated rings. The van der Waals surface area contributed by atoms with Gasteiger partial charge in [0, 0.05) is 25.6 Å². The molecule has 0 spiro atoms. The average molecular weight is 479 g/mol. The lowest BCUT2D eigenvalue weighted by molar-refractivity contribution is -0.150. The van der Waals surface area contributed by atoms with Gasteiger partial charge in [0.15, 0.2) is 0 Å². The van der Waals surface area contributed by atoms with Crippen molar-refractivity contribution in [3.05, 3.63) is 59.7 Å². The lowest BCUT2D eigenvalue weighted by Gasteiger charge is -2.32. The molecule has 2 N–H and O–H groups in total. The molecule has 2 aliphatic heterocycles. The Balaban J connectivity index is 1.09. The monoisotopic (exact) mass is 478 g/mol. The minimum Gasteiger partial charge on any atom is -0.481 e. The smallest absolute Gasteiger partial charge is 0.407 e. The van der Waals surface area contributed by atoms with Gasteiger partial charge in [-0.25, -0.2) is 4.79 Å². The number of carboxylic acid groups (broad SMARTS) is 1. The van der Waals surface area contributed by atoms with E-state index in [2.05, 4.69) is 29.6 Å². The van der Waals surface area contributed by atoms with Crippen LogP contribution in [0.1, 0.15) is 42.7 Å². The van der Waals surface area contributed by atoms with E-state index in [4.69, 9.17) is 9.47 Å². The van der Waals surface area contributed by atoms with Crippen LogP contribution in [0, 0.1) is 5.92 Å². The zero-order chi connectivity index (χ0) is 24.4. The Morgan fingerprint density at radius 1 is 1.00 bits per heavy atom. The average Bonchev–Trinajstić information content (AvgIpc) is 3.49. The number of hydrogen-bond acceptors (Lipinski definition) is 5. The summed E-state index contributed by atoms with van der Waals surface area (Å²) < 4.78 is 11.5. The Morgan fingerprint density at radius 2 is 1.69 bits per heavy atom. The van der Waals surface area contributed by atoms with Crippen molar-refractivity contribution in [2.75, 3.05) is 26.2 Å². The molecule has 2 aromatic rings. The highest BCUT2D eigenvalue weighted by atomic mass is 16.5. The molecule has 184 valence electrons. The van der Waals surface area contributed by atoms with Crippen molar-refractivity contribution >= 4 is 18.0 Å². The number of fused-ring (bicyclic) bond motifs is 3. The second-order valence-corrected chi connectivity index (χ2v) is 9.49. The van der Waals surface area contributed by atoms with Gasteiger partial charge in [-0.3, -0.25) is 9.59 Å².